The van der Waals surface area contributed by atoms with Gasteiger partial charge in [-0.25, -0.2) is 4.99 Å². The minimum atomic E-state index is 0.428. The van der Waals surface area contributed by atoms with E-state index >= 15 is 0 Å². The quantitative estimate of drug-likeness (QED) is 0.403. The fraction of sp³-hybridized carbons (Fsp3) is 0.923. The Balaban J connectivity index is 2.44. The average molecular weight is 257 g/mol. The predicted molar refractivity (Wildman–Crippen MR) is 73.8 cm³/mol. The molecule has 2 N–H and O–H groups in total. The second-order valence-electron chi connectivity index (χ2n) is 4.75. The normalized spacial score (nSPS) is 17.3. The van der Waals surface area contributed by atoms with Gasteiger partial charge in [-0.2, -0.15) is 0 Å². The molecule has 1 rings (SSSR count). The second-order valence-corrected chi connectivity index (χ2v) is 4.75. The van der Waals surface area contributed by atoms with Crippen molar-refractivity contribution in [3.05, 3.63) is 0 Å². The Hall–Kier alpha value is -0.810. The van der Waals surface area contributed by atoms with Gasteiger partial charge < -0.3 is 20.1 Å². The van der Waals surface area contributed by atoms with Crippen LogP contribution >= 0.6 is 0 Å². The van der Waals surface area contributed by atoms with Crippen LogP contribution in [0.4, 0.5) is 0 Å². The van der Waals surface area contributed by atoms with Crippen molar-refractivity contribution in [1.82, 2.24) is 4.90 Å². The van der Waals surface area contributed by atoms with Crippen LogP contribution in [0.15, 0.2) is 4.99 Å². The van der Waals surface area contributed by atoms with Crippen molar-refractivity contribution >= 4 is 5.96 Å². The molecule has 0 bridgehead atoms. The molecule has 0 saturated heterocycles. The van der Waals surface area contributed by atoms with E-state index in [0.29, 0.717) is 18.6 Å². The van der Waals surface area contributed by atoms with Crippen molar-refractivity contribution in [3.8, 4) is 0 Å². The Morgan fingerprint density at radius 3 is 2.44 bits per heavy atom. The summed E-state index contributed by atoms with van der Waals surface area (Å²) in [5.74, 6) is 0.662. The van der Waals surface area contributed by atoms with Gasteiger partial charge in [0.05, 0.1) is 12.6 Å². The first-order valence-corrected chi connectivity index (χ1v) is 6.84. The van der Waals surface area contributed by atoms with Crippen LogP contribution in [-0.2, 0) is 9.47 Å². The highest BCUT2D eigenvalue weighted by Gasteiger charge is 2.16. The predicted octanol–water partition coefficient (Wildman–Crippen LogP) is 1.23. The van der Waals surface area contributed by atoms with E-state index < -0.39 is 0 Å². The molecule has 1 aliphatic rings. The third kappa shape index (κ3) is 5.69. The third-order valence-corrected chi connectivity index (χ3v) is 3.31. The van der Waals surface area contributed by atoms with Gasteiger partial charge in [-0.15, -0.1) is 0 Å². The summed E-state index contributed by atoms with van der Waals surface area (Å²) in [6.45, 7) is 3.09. The van der Waals surface area contributed by atoms with Gasteiger partial charge in [-0.3, -0.25) is 0 Å². The number of nitrogens with two attached hydrogens (primary N) is 1. The molecule has 0 aromatic carbocycles. The molecule has 5 nitrogen and oxygen atoms in total. The lowest BCUT2D eigenvalue weighted by atomic mass is 10.3. The Morgan fingerprint density at radius 1 is 1.17 bits per heavy atom. The monoisotopic (exact) mass is 257 g/mol. The van der Waals surface area contributed by atoms with Crippen molar-refractivity contribution in [2.24, 2.45) is 10.7 Å². The molecule has 5 heteroatoms. The van der Waals surface area contributed by atoms with Gasteiger partial charge in [-0.05, 0) is 19.3 Å². The first kappa shape index (κ1) is 15.2. The van der Waals surface area contributed by atoms with Gasteiger partial charge in [0, 0.05) is 33.9 Å². The zero-order chi connectivity index (χ0) is 13.2. The maximum absolute atomic E-state index is 6.10. The minimum absolute atomic E-state index is 0.428. The summed E-state index contributed by atoms with van der Waals surface area (Å²) in [6.07, 6.45) is 5.88. The number of nitrogens with zero attached hydrogens (tertiary/aromatic N) is 2. The minimum Gasteiger partial charge on any atom is -0.385 e. The Labute approximate surface area is 110 Å². The van der Waals surface area contributed by atoms with E-state index in [1.165, 1.54) is 25.7 Å². The number of guanidine groups is 1. The summed E-state index contributed by atoms with van der Waals surface area (Å²) in [5.41, 5.74) is 6.10. The van der Waals surface area contributed by atoms with Gasteiger partial charge in [0.1, 0.15) is 0 Å². The van der Waals surface area contributed by atoms with E-state index in [0.717, 1.165) is 26.1 Å². The van der Waals surface area contributed by atoms with Crippen molar-refractivity contribution in [1.29, 1.82) is 0 Å². The maximum atomic E-state index is 6.10. The highest BCUT2D eigenvalue weighted by atomic mass is 16.5. The Kier molecular flexibility index (Phi) is 7.76. The van der Waals surface area contributed by atoms with Gasteiger partial charge in [-0.1, -0.05) is 12.8 Å². The van der Waals surface area contributed by atoms with Crippen LogP contribution in [0.2, 0.25) is 0 Å². The van der Waals surface area contributed by atoms with E-state index in [2.05, 4.69) is 9.89 Å². The van der Waals surface area contributed by atoms with Crippen molar-refractivity contribution < 1.29 is 9.47 Å². The summed E-state index contributed by atoms with van der Waals surface area (Å²) in [5, 5.41) is 0. The maximum Gasteiger partial charge on any atom is 0.191 e. The number of methoxy groups -OCH3 is 2. The van der Waals surface area contributed by atoms with Crippen LogP contribution < -0.4 is 5.73 Å². The van der Waals surface area contributed by atoms with Gasteiger partial charge in [0.2, 0.25) is 0 Å². The van der Waals surface area contributed by atoms with E-state index in [1.54, 1.807) is 14.2 Å². The summed E-state index contributed by atoms with van der Waals surface area (Å²) < 4.78 is 10.2. The van der Waals surface area contributed by atoms with Gasteiger partial charge in [0.25, 0.3) is 0 Å². The van der Waals surface area contributed by atoms with Gasteiger partial charge >= 0.3 is 0 Å². The van der Waals surface area contributed by atoms with Gasteiger partial charge in [0.15, 0.2) is 5.96 Å². The zero-order valence-corrected chi connectivity index (χ0v) is 11.7. The molecule has 106 valence electrons. The fourth-order valence-corrected chi connectivity index (χ4v) is 2.24. The van der Waals surface area contributed by atoms with Crippen LogP contribution in [0.3, 0.4) is 0 Å². The molecule has 1 saturated carbocycles. The molecule has 0 aliphatic heterocycles. The third-order valence-electron chi connectivity index (χ3n) is 3.31. The number of rotatable bonds is 8. The molecule has 0 spiro atoms. The molecule has 0 heterocycles. The van der Waals surface area contributed by atoms with E-state index in [-0.39, 0.29) is 0 Å². The molecule has 18 heavy (non-hydrogen) atoms. The van der Waals surface area contributed by atoms with Crippen LogP contribution in [-0.4, -0.2) is 57.4 Å². The lowest BCUT2D eigenvalue weighted by Gasteiger charge is -2.24. The SMILES string of the molecule is COCCCN(CCOC)C(N)=NC1CCCC1. The largest absolute Gasteiger partial charge is 0.385 e. The summed E-state index contributed by atoms with van der Waals surface area (Å²) in [7, 11) is 3.42. The standard InChI is InChI=1S/C13H27N3O2/c1-17-10-5-8-16(9-11-18-2)13(14)15-12-6-3-4-7-12/h12H,3-11H2,1-2H3,(H2,14,15). The Morgan fingerprint density at radius 2 is 1.83 bits per heavy atom. The number of aliphatic imine (C=N–C) groups is 1. The van der Waals surface area contributed by atoms with Crippen LogP contribution in [0.1, 0.15) is 32.1 Å². The first-order valence-electron chi connectivity index (χ1n) is 6.84. The second kappa shape index (κ2) is 9.16. The zero-order valence-electron chi connectivity index (χ0n) is 11.7. The van der Waals surface area contributed by atoms with E-state index in [1.807, 2.05) is 0 Å². The lowest BCUT2D eigenvalue weighted by Crippen LogP contribution is -2.41. The molecular formula is C13H27N3O2. The molecule has 0 radical (unpaired) electrons. The molecular weight excluding hydrogens is 230 g/mol. The number of ether oxygens (including phenoxy) is 2. The fourth-order valence-electron chi connectivity index (χ4n) is 2.24. The topological polar surface area (TPSA) is 60.1 Å². The Bertz CT molecular complexity index is 240. The van der Waals surface area contributed by atoms with Crippen LogP contribution in [0.25, 0.3) is 0 Å². The van der Waals surface area contributed by atoms with Crippen molar-refractivity contribution in [2.45, 2.75) is 38.1 Å². The molecule has 0 amide bonds. The lowest BCUT2D eigenvalue weighted by molar-refractivity contribution is 0.160. The van der Waals surface area contributed by atoms with Crippen LogP contribution in [0, 0.1) is 0 Å². The molecule has 1 fully saturated rings. The van der Waals surface area contributed by atoms with E-state index in [4.69, 9.17) is 15.2 Å². The highest BCUT2D eigenvalue weighted by molar-refractivity contribution is 5.78. The highest BCUT2D eigenvalue weighted by Crippen LogP contribution is 2.20. The molecule has 1 aliphatic carbocycles. The van der Waals surface area contributed by atoms with Crippen molar-refractivity contribution in [2.75, 3.05) is 40.5 Å². The average Bonchev–Trinajstić information content (AvgIpc) is 2.86. The summed E-state index contributed by atoms with van der Waals surface area (Å²) in [6, 6.07) is 0.428. The number of hydrogen-bond donors (Lipinski definition) is 1. The molecule has 0 aromatic heterocycles. The van der Waals surface area contributed by atoms with Crippen LogP contribution in [0.5, 0.6) is 0 Å². The summed E-state index contributed by atoms with van der Waals surface area (Å²) >= 11 is 0. The summed E-state index contributed by atoms with van der Waals surface area (Å²) in [4.78, 5) is 6.73. The number of hydrogen-bond acceptors (Lipinski definition) is 3. The molecule has 0 aromatic rings. The molecule has 0 unspecified atom stereocenters. The van der Waals surface area contributed by atoms with E-state index in [9.17, 15) is 0 Å². The molecule has 0 atom stereocenters. The van der Waals surface area contributed by atoms with Crippen molar-refractivity contribution in [3.63, 3.8) is 0 Å². The first-order chi connectivity index (χ1) is 8.77. The smallest absolute Gasteiger partial charge is 0.191 e.